The van der Waals surface area contributed by atoms with Crippen LogP contribution in [0.3, 0.4) is 0 Å². The fraction of sp³-hybridized carbons (Fsp3) is 0.647. The summed E-state index contributed by atoms with van der Waals surface area (Å²) in [4.78, 5) is 0. The minimum Gasteiger partial charge on any atom is -0.383 e. The summed E-state index contributed by atoms with van der Waals surface area (Å²) >= 11 is 0. The molecule has 0 aliphatic rings. The third kappa shape index (κ3) is 6.51. The van der Waals surface area contributed by atoms with E-state index in [1.807, 2.05) is 0 Å². The van der Waals surface area contributed by atoms with Crippen molar-refractivity contribution in [2.24, 2.45) is 0 Å². The Morgan fingerprint density at radius 3 is 2.55 bits per heavy atom. The second-order valence-corrected chi connectivity index (χ2v) is 5.46. The van der Waals surface area contributed by atoms with Crippen LogP contribution in [0.5, 0.6) is 0 Å². The van der Waals surface area contributed by atoms with E-state index in [0.29, 0.717) is 12.0 Å². The van der Waals surface area contributed by atoms with Crippen molar-refractivity contribution < 1.29 is 9.47 Å². The van der Waals surface area contributed by atoms with Crippen LogP contribution in [0.2, 0.25) is 0 Å². The number of nitrogens with one attached hydrogen (secondary N) is 1. The molecule has 0 amide bonds. The lowest BCUT2D eigenvalue weighted by atomic mass is 9.92. The van der Waals surface area contributed by atoms with Crippen LogP contribution in [0.25, 0.3) is 0 Å². The molecule has 0 spiro atoms. The molecule has 1 rings (SSSR count). The van der Waals surface area contributed by atoms with E-state index in [9.17, 15) is 0 Å². The smallest absolute Gasteiger partial charge is 0.0587 e. The molecule has 0 saturated heterocycles. The average molecular weight is 279 g/mol. The van der Waals surface area contributed by atoms with Crippen molar-refractivity contribution in [2.75, 3.05) is 33.4 Å². The number of hydrogen-bond acceptors (Lipinski definition) is 3. The molecule has 1 atom stereocenters. The van der Waals surface area contributed by atoms with Gasteiger partial charge in [-0.3, -0.25) is 0 Å². The van der Waals surface area contributed by atoms with Crippen LogP contribution in [0.15, 0.2) is 24.3 Å². The summed E-state index contributed by atoms with van der Waals surface area (Å²) in [5, 5.41) is 3.47. The van der Waals surface area contributed by atoms with Crippen molar-refractivity contribution in [2.45, 2.75) is 39.2 Å². The number of methoxy groups -OCH3 is 1. The number of hydrogen-bond donors (Lipinski definition) is 1. The van der Waals surface area contributed by atoms with E-state index >= 15 is 0 Å². The van der Waals surface area contributed by atoms with Gasteiger partial charge < -0.3 is 14.8 Å². The lowest BCUT2D eigenvalue weighted by Gasteiger charge is -2.21. The first-order chi connectivity index (χ1) is 9.65. The van der Waals surface area contributed by atoms with Crippen molar-refractivity contribution >= 4 is 0 Å². The summed E-state index contributed by atoms with van der Waals surface area (Å²) < 4.78 is 10.8. The minimum absolute atomic E-state index is 0.300. The van der Waals surface area contributed by atoms with Gasteiger partial charge in [-0.05, 0) is 44.2 Å². The van der Waals surface area contributed by atoms with Gasteiger partial charge in [-0.2, -0.15) is 0 Å². The molecule has 20 heavy (non-hydrogen) atoms. The van der Waals surface area contributed by atoms with Crippen molar-refractivity contribution in [3.63, 3.8) is 0 Å². The van der Waals surface area contributed by atoms with E-state index in [1.165, 1.54) is 11.1 Å². The van der Waals surface area contributed by atoms with E-state index < -0.39 is 0 Å². The quantitative estimate of drug-likeness (QED) is 0.668. The minimum atomic E-state index is 0.300. The zero-order chi connectivity index (χ0) is 14.8. The second kappa shape index (κ2) is 9.92. The Hall–Kier alpha value is -0.900. The van der Waals surface area contributed by atoms with Crippen molar-refractivity contribution in [1.82, 2.24) is 5.32 Å². The fourth-order valence-corrected chi connectivity index (χ4v) is 2.31. The zero-order valence-corrected chi connectivity index (χ0v) is 13.3. The van der Waals surface area contributed by atoms with Gasteiger partial charge in [0.15, 0.2) is 0 Å². The summed E-state index contributed by atoms with van der Waals surface area (Å²) in [5.74, 6) is 0.492. The van der Waals surface area contributed by atoms with Crippen LogP contribution in [-0.4, -0.2) is 39.5 Å². The number of benzene rings is 1. The topological polar surface area (TPSA) is 30.5 Å². The second-order valence-electron chi connectivity index (χ2n) is 5.46. The first kappa shape index (κ1) is 17.2. The van der Waals surface area contributed by atoms with Crippen molar-refractivity contribution in [3.05, 3.63) is 35.4 Å². The zero-order valence-electron chi connectivity index (χ0n) is 13.3. The van der Waals surface area contributed by atoms with E-state index in [2.05, 4.69) is 50.4 Å². The van der Waals surface area contributed by atoms with Crippen LogP contribution in [-0.2, 0) is 9.47 Å². The summed E-state index contributed by atoms with van der Waals surface area (Å²) in [6, 6.07) is 8.63. The summed E-state index contributed by atoms with van der Waals surface area (Å²) in [6.45, 7) is 9.77. The van der Waals surface area contributed by atoms with Crippen molar-refractivity contribution in [1.29, 1.82) is 0 Å². The van der Waals surface area contributed by atoms with Crippen LogP contribution in [0.1, 0.15) is 37.3 Å². The maximum absolute atomic E-state index is 5.71. The number of ether oxygens (including phenoxy) is 2. The Bertz CT molecular complexity index is 366. The number of rotatable bonds is 10. The Morgan fingerprint density at radius 1 is 1.15 bits per heavy atom. The molecule has 0 bridgehead atoms. The van der Waals surface area contributed by atoms with Gasteiger partial charge in [0.2, 0.25) is 0 Å². The Kier molecular flexibility index (Phi) is 8.51. The monoisotopic (exact) mass is 279 g/mol. The molecule has 0 fully saturated rings. The molecule has 0 saturated carbocycles. The summed E-state index contributed by atoms with van der Waals surface area (Å²) in [6.07, 6.45) is 1.34. The molecular formula is C17H29NO2. The summed E-state index contributed by atoms with van der Waals surface area (Å²) in [7, 11) is 1.73. The van der Waals surface area contributed by atoms with Gasteiger partial charge >= 0.3 is 0 Å². The average Bonchev–Trinajstić information content (AvgIpc) is 2.42. The van der Waals surface area contributed by atoms with Crippen LogP contribution in [0, 0.1) is 6.92 Å². The molecule has 0 aliphatic heterocycles. The van der Waals surface area contributed by atoms with E-state index in [-0.39, 0.29) is 0 Å². The Morgan fingerprint density at radius 2 is 1.90 bits per heavy atom. The normalized spacial score (nSPS) is 12.8. The lowest BCUT2D eigenvalue weighted by molar-refractivity contribution is 0.0731. The summed E-state index contributed by atoms with van der Waals surface area (Å²) in [5.41, 5.74) is 2.78. The molecule has 1 aromatic rings. The van der Waals surface area contributed by atoms with Gasteiger partial charge in [-0.1, -0.05) is 24.3 Å². The van der Waals surface area contributed by atoms with Gasteiger partial charge in [-0.15, -0.1) is 0 Å². The standard InChI is InChI=1S/C17H29NO2/c1-14(2)20-11-9-16(13-18-10-12-19-4)17-8-6-5-7-15(17)3/h5-8,14,16,18H,9-13H2,1-4H3. The predicted octanol–water partition coefficient (Wildman–Crippen LogP) is 3.13. The molecule has 1 unspecified atom stereocenters. The molecule has 0 heterocycles. The van der Waals surface area contributed by atoms with Crippen molar-refractivity contribution in [3.8, 4) is 0 Å². The number of aryl methyl sites for hydroxylation is 1. The third-order valence-electron chi connectivity index (χ3n) is 3.42. The molecule has 114 valence electrons. The van der Waals surface area contributed by atoms with E-state index in [4.69, 9.17) is 9.47 Å². The van der Waals surface area contributed by atoms with Gasteiger partial charge in [0.05, 0.1) is 12.7 Å². The SMILES string of the molecule is COCCNCC(CCOC(C)C)c1ccccc1C. The fourth-order valence-electron chi connectivity index (χ4n) is 2.31. The third-order valence-corrected chi connectivity index (χ3v) is 3.42. The van der Waals surface area contributed by atoms with Crippen LogP contribution < -0.4 is 5.32 Å². The maximum atomic E-state index is 5.71. The highest BCUT2D eigenvalue weighted by atomic mass is 16.5. The predicted molar refractivity (Wildman–Crippen MR) is 84.4 cm³/mol. The molecular weight excluding hydrogens is 250 g/mol. The van der Waals surface area contributed by atoms with Gasteiger partial charge in [0, 0.05) is 26.8 Å². The van der Waals surface area contributed by atoms with Gasteiger partial charge in [-0.25, -0.2) is 0 Å². The Balaban J connectivity index is 2.56. The van der Waals surface area contributed by atoms with E-state index in [1.54, 1.807) is 7.11 Å². The molecule has 1 N–H and O–H groups in total. The molecule has 1 aromatic carbocycles. The van der Waals surface area contributed by atoms with Crippen LogP contribution >= 0.6 is 0 Å². The lowest BCUT2D eigenvalue weighted by Crippen LogP contribution is -2.26. The van der Waals surface area contributed by atoms with Crippen LogP contribution in [0.4, 0.5) is 0 Å². The molecule has 0 aliphatic carbocycles. The molecule has 0 radical (unpaired) electrons. The molecule has 0 aromatic heterocycles. The maximum Gasteiger partial charge on any atom is 0.0587 e. The van der Waals surface area contributed by atoms with Gasteiger partial charge in [0.1, 0.15) is 0 Å². The van der Waals surface area contributed by atoms with Gasteiger partial charge in [0.25, 0.3) is 0 Å². The molecule has 3 heteroatoms. The first-order valence-corrected chi connectivity index (χ1v) is 7.52. The largest absolute Gasteiger partial charge is 0.383 e. The Labute approximate surface area is 123 Å². The highest BCUT2D eigenvalue weighted by Gasteiger charge is 2.13. The molecule has 3 nitrogen and oxygen atoms in total. The van der Waals surface area contributed by atoms with E-state index in [0.717, 1.165) is 32.7 Å². The highest BCUT2D eigenvalue weighted by Crippen LogP contribution is 2.22. The highest BCUT2D eigenvalue weighted by molar-refractivity contribution is 5.29. The first-order valence-electron chi connectivity index (χ1n) is 7.52.